The van der Waals surface area contributed by atoms with Gasteiger partial charge in [-0.3, -0.25) is 10.1 Å². The fourth-order valence-electron chi connectivity index (χ4n) is 1.24. The van der Waals surface area contributed by atoms with Crippen LogP contribution in [0.5, 0.6) is 5.75 Å². The van der Waals surface area contributed by atoms with Crippen LogP contribution in [0.1, 0.15) is 5.56 Å². The molecule has 0 aliphatic carbocycles. The third-order valence-electron chi connectivity index (χ3n) is 2.04. The molecule has 0 fully saturated rings. The lowest BCUT2D eigenvalue weighted by Crippen LogP contribution is -2.07. The molecule has 0 saturated carbocycles. The van der Waals surface area contributed by atoms with Crippen molar-refractivity contribution < 1.29 is 9.66 Å². The average molecular weight is 248 g/mol. The van der Waals surface area contributed by atoms with Crippen molar-refractivity contribution in [2.24, 2.45) is 4.99 Å². The zero-order valence-corrected chi connectivity index (χ0v) is 10.2. The molecule has 0 aliphatic heterocycles. The van der Waals surface area contributed by atoms with Crippen LogP contribution in [0, 0.1) is 21.4 Å². The highest BCUT2D eigenvalue weighted by atomic mass is 16.6. The highest BCUT2D eigenvalue weighted by Gasteiger charge is 2.18. The molecule has 0 atom stereocenters. The van der Waals surface area contributed by atoms with E-state index in [4.69, 9.17) is 10.00 Å². The van der Waals surface area contributed by atoms with E-state index in [0.717, 1.165) is 6.07 Å². The Kier molecular flexibility index (Phi) is 4.21. The third-order valence-corrected chi connectivity index (χ3v) is 2.04. The maximum Gasteiger partial charge on any atom is 0.312 e. The first-order chi connectivity index (χ1) is 8.49. The van der Waals surface area contributed by atoms with Gasteiger partial charge in [0.1, 0.15) is 6.07 Å². The van der Waals surface area contributed by atoms with E-state index in [1.54, 1.807) is 19.0 Å². The number of methoxy groups -OCH3 is 1. The van der Waals surface area contributed by atoms with E-state index < -0.39 is 4.92 Å². The van der Waals surface area contributed by atoms with Gasteiger partial charge in [0.15, 0.2) is 5.75 Å². The molecule has 0 bridgehead atoms. The maximum absolute atomic E-state index is 10.8. The molecule has 7 heteroatoms. The molecule has 18 heavy (non-hydrogen) atoms. The standard InChI is InChI=1S/C11H12N4O3/c1-14(2)7-13-9-5-11(18-3)10(15(16)17)4-8(9)6-12/h4-5,7H,1-3H3/b13-7+. The van der Waals surface area contributed by atoms with Crippen LogP contribution in [0.4, 0.5) is 11.4 Å². The number of nitro groups is 1. The van der Waals surface area contributed by atoms with Crippen molar-refractivity contribution in [3.8, 4) is 11.8 Å². The van der Waals surface area contributed by atoms with E-state index in [0.29, 0.717) is 5.69 Å². The maximum atomic E-state index is 10.8. The second-order valence-electron chi connectivity index (χ2n) is 3.62. The average Bonchev–Trinajstić information content (AvgIpc) is 2.34. The van der Waals surface area contributed by atoms with Gasteiger partial charge in [-0.1, -0.05) is 0 Å². The minimum atomic E-state index is -0.598. The zero-order chi connectivity index (χ0) is 13.7. The Morgan fingerprint density at radius 2 is 2.22 bits per heavy atom. The van der Waals surface area contributed by atoms with Gasteiger partial charge in [0, 0.05) is 26.2 Å². The van der Waals surface area contributed by atoms with E-state index in [9.17, 15) is 10.1 Å². The zero-order valence-electron chi connectivity index (χ0n) is 10.2. The number of nitro benzene ring substituents is 1. The van der Waals surface area contributed by atoms with Gasteiger partial charge in [-0.25, -0.2) is 4.99 Å². The molecule has 0 heterocycles. The van der Waals surface area contributed by atoms with E-state index in [2.05, 4.69) is 4.99 Å². The number of ether oxygens (including phenoxy) is 1. The van der Waals surface area contributed by atoms with E-state index in [-0.39, 0.29) is 17.0 Å². The van der Waals surface area contributed by atoms with Gasteiger partial charge < -0.3 is 9.64 Å². The highest BCUT2D eigenvalue weighted by Crippen LogP contribution is 2.34. The molecule has 1 aromatic rings. The lowest BCUT2D eigenvalue weighted by atomic mass is 10.1. The number of benzene rings is 1. The number of nitriles is 1. The molecule has 0 N–H and O–H groups in total. The van der Waals surface area contributed by atoms with E-state index in [1.807, 2.05) is 6.07 Å². The fraction of sp³-hybridized carbons (Fsp3) is 0.273. The SMILES string of the molecule is COc1cc(/N=C/N(C)C)c(C#N)cc1[N+](=O)[O-]. The number of rotatable bonds is 4. The normalized spacial score (nSPS) is 10.1. The summed E-state index contributed by atoms with van der Waals surface area (Å²) >= 11 is 0. The summed E-state index contributed by atoms with van der Waals surface area (Å²) in [6, 6.07) is 4.40. The van der Waals surface area contributed by atoms with Crippen LogP contribution in [0.25, 0.3) is 0 Å². The molecule has 94 valence electrons. The first kappa shape index (κ1) is 13.4. The van der Waals surface area contributed by atoms with Crippen molar-refractivity contribution in [1.29, 1.82) is 5.26 Å². The Hall–Kier alpha value is -2.62. The highest BCUT2D eigenvalue weighted by molar-refractivity contribution is 5.69. The minimum absolute atomic E-state index is 0.0740. The largest absolute Gasteiger partial charge is 0.490 e. The van der Waals surface area contributed by atoms with Crippen LogP contribution < -0.4 is 4.74 Å². The topological polar surface area (TPSA) is 91.8 Å². The Balaban J connectivity index is 3.36. The molecule has 0 radical (unpaired) electrons. The molecular weight excluding hydrogens is 236 g/mol. The van der Waals surface area contributed by atoms with Gasteiger partial charge in [0.25, 0.3) is 0 Å². The van der Waals surface area contributed by atoms with Crippen molar-refractivity contribution >= 4 is 17.7 Å². The molecule has 0 spiro atoms. The Bertz CT molecular complexity index is 532. The second kappa shape index (κ2) is 5.63. The Labute approximate surface area is 104 Å². The lowest BCUT2D eigenvalue weighted by Gasteiger charge is -2.06. The van der Waals surface area contributed by atoms with Gasteiger partial charge in [0.05, 0.1) is 29.6 Å². The lowest BCUT2D eigenvalue weighted by molar-refractivity contribution is -0.385. The molecular formula is C11H12N4O3. The summed E-state index contributed by atoms with van der Waals surface area (Å²) in [5.74, 6) is 0.0740. The van der Waals surface area contributed by atoms with Crippen molar-refractivity contribution in [3.05, 3.63) is 27.8 Å². The van der Waals surface area contributed by atoms with Crippen molar-refractivity contribution in [2.75, 3.05) is 21.2 Å². The van der Waals surface area contributed by atoms with Crippen molar-refractivity contribution in [1.82, 2.24) is 4.90 Å². The van der Waals surface area contributed by atoms with E-state index in [1.165, 1.54) is 19.5 Å². The molecule has 1 rings (SSSR count). The van der Waals surface area contributed by atoms with E-state index >= 15 is 0 Å². The molecule has 0 aliphatic rings. The molecule has 0 saturated heterocycles. The number of hydrogen-bond donors (Lipinski definition) is 0. The molecule has 0 aromatic heterocycles. The summed E-state index contributed by atoms with van der Waals surface area (Å²) in [7, 11) is 4.88. The predicted molar refractivity (Wildman–Crippen MR) is 66.2 cm³/mol. The minimum Gasteiger partial charge on any atom is -0.490 e. The van der Waals surface area contributed by atoms with Crippen LogP contribution in [-0.2, 0) is 0 Å². The Morgan fingerprint density at radius 1 is 1.56 bits per heavy atom. The molecule has 1 aromatic carbocycles. The number of nitrogens with zero attached hydrogens (tertiary/aromatic N) is 4. The quantitative estimate of drug-likeness (QED) is 0.350. The van der Waals surface area contributed by atoms with Crippen LogP contribution in [0.2, 0.25) is 0 Å². The van der Waals surface area contributed by atoms with Crippen molar-refractivity contribution in [2.45, 2.75) is 0 Å². The summed E-state index contributed by atoms with van der Waals surface area (Å²) in [6.45, 7) is 0. The Morgan fingerprint density at radius 3 is 2.67 bits per heavy atom. The summed E-state index contributed by atoms with van der Waals surface area (Å²) in [5.41, 5.74) is 0.201. The second-order valence-corrected chi connectivity index (χ2v) is 3.62. The first-order valence-electron chi connectivity index (χ1n) is 4.96. The van der Waals surface area contributed by atoms with Crippen LogP contribution in [0.3, 0.4) is 0 Å². The summed E-state index contributed by atoms with van der Waals surface area (Å²) in [4.78, 5) is 15.9. The third kappa shape index (κ3) is 2.95. The molecule has 0 unspecified atom stereocenters. The number of aliphatic imine (C=N–C) groups is 1. The van der Waals surface area contributed by atoms with Gasteiger partial charge in [-0.2, -0.15) is 5.26 Å². The van der Waals surface area contributed by atoms with Crippen molar-refractivity contribution in [3.63, 3.8) is 0 Å². The fourth-order valence-corrected chi connectivity index (χ4v) is 1.24. The number of hydrogen-bond acceptors (Lipinski definition) is 5. The monoisotopic (exact) mass is 248 g/mol. The van der Waals surface area contributed by atoms with Gasteiger partial charge in [0.2, 0.25) is 0 Å². The summed E-state index contributed by atoms with van der Waals surface area (Å²) < 4.78 is 4.92. The predicted octanol–water partition coefficient (Wildman–Crippen LogP) is 1.70. The van der Waals surface area contributed by atoms with Gasteiger partial charge >= 0.3 is 5.69 Å². The summed E-state index contributed by atoms with van der Waals surface area (Å²) in [5, 5.41) is 19.7. The van der Waals surface area contributed by atoms with Gasteiger partial charge in [-0.05, 0) is 0 Å². The van der Waals surface area contributed by atoms with Gasteiger partial charge in [-0.15, -0.1) is 0 Å². The van der Waals surface area contributed by atoms with Crippen LogP contribution in [0.15, 0.2) is 17.1 Å². The smallest absolute Gasteiger partial charge is 0.312 e. The summed E-state index contributed by atoms with van der Waals surface area (Å²) in [6.07, 6.45) is 1.50. The van der Waals surface area contributed by atoms with Crippen LogP contribution in [-0.4, -0.2) is 37.4 Å². The first-order valence-corrected chi connectivity index (χ1v) is 4.96. The molecule has 7 nitrogen and oxygen atoms in total. The molecule has 0 amide bonds. The van der Waals surface area contributed by atoms with Crippen LogP contribution >= 0.6 is 0 Å².